The first-order valence-electron chi connectivity index (χ1n) is 18.9. The third-order valence-electron chi connectivity index (χ3n) is 11.2. The molecular formula is C39H43IN6O7S2. The third-order valence-corrected chi connectivity index (χ3v) is 14.8. The van der Waals surface area contributed by atoms with Crippen LogP contribution in [0.2, 0.25) is 0 Å². The number of sulfonamides is 1. The van der Waals surface area contributed by atoms with Crippen LogP contribution in [0.25, 0.3) is 11.3 Å². The number of thiazole rings is 1. The molecule has 55 heavy (non-hydrogen) atoms. The molecule has 0 bridgehead atoms. The molecule has 5 aliphatic rings. The van der Waals surface area contributed by atoms with Crippen LogP contribution in [0, 0.1) is 9.49 Å². The molecule has 3 aromatic rings. The zero-order valence-corrected chi connectivity index (χ0v) is 33.9. The first-order chi connectivity index (χ1) is 26.5. The number of ether oxygens (including phenoxy) is 1. The fraction of sp³-hybridized carbons (Fsp3) is 0.462. The van der Waals surface area contributed by atoms with Crippen molar-refractivity contribution < 1.29 is 32.3 Å². The zero-order chi connectivity index (χ0) is 38.3. The summed E-state index contributed by atoms with van der Waals surface area (Å²) in [6, 6.07) is 13.9. The number of amides is 4. The van der Waals surface area contributed by atoms with Crippen LogP contribution < -0.4 is 15.4 Å². The number of hydrogen-bond donors (Lipinski definition) is 3. The van der Waals surface area contributed by atoms with Crippen molar-refractivity contribution >= 4 is 72.9 Å². The summed E-state index contributed by atoms with van der Waals surface area (Å²) in [7, 11) is -3.88. The lowest BCUT2D eigenvalue weighted by Gasteiger charge is -2.29. The molecule has 5 atom stereocenters. The van der Waals surface area contributed by atoms with Crippen molar-refractivity contribution in [1.29, 1.82) is 0 Å². The molecule has 1 saturated heterocycles. The van der Waals surface area contributed by atoms with E-state index in [0.29, 0.717) is 37.5 Å². The van der Waals surface area contributed by atoms with Gasteiger partial charge in [0.05, 0.1) is 24.0 Å². The van der Waals surface area contributed by atoms with Crippen LogP contribution in [0.4, 0.5) is 9.93 Å². The fourth-order valence-corrected chi connectivity index (χ4v) is 10.7. The van der Waals surface area contributed by atoms with E-state index in [-0.39, 0.29) is 25.3 Å². The van der Waals surface area contributed by atoms with E-state index in [1.54, 1.807) is 4.90 Å². The van der Waals surface area contributed by atoms with Gasteiger partial charge in [-0.1, -0.05) is 67.5 Å². The second-order valence-corrected chi connectivity index (χ2v) is 19.1. The van der Waals surface area contributed by atoms with Crippen molar-refractivity contribution in [3.8, 4) is 11.3 Å². The highest BCUT2D eigenvalue weighted by Gasteiger charge is 2.62. The van der Waals surface area contributed by atoms with E-state index < -0.39 is 62.8 Å². The predicted octanol–water partition coefficient (Wildman–Crippen LogP) is 5.32. The molecule has 16 heteroatoms. The highest BCUT2D eigenvalue weighted by atomic mass is 127. The number of hydrogen-bond acceptors (Lipinski definition) is 10. The number of carbonyl (C=O) groups excluding carboxylic acids is 4. The maximum Gasteiger partial charge on any atom is 0.410 e. The van der Waals surface area contributed by atoms with E-state index in [1.165, 1.54) is 16.2 Å². The molecule has 13 nitrogen and oxygen atoms in total. The third kappa shape index (κ3) is 8.12. The SMILES string of the molecule is O=C1N[C@]2(C(=O)NS(=O)(=O)C3CC3)C[C@H]2/C=C\CCCCC[C@H](Nc2nc(-c3ccccc3)cs2)C(=O)N2C[C@H](OC(=O)N3Cc4cccc(I)c4C3)C[C@@H]12. The minimum absolute atomic E-state index is 0.0162. The van der Waals surface area contributed by atoms with Crippen LogP contribution >= 0.6 is 33.9 Å². The second kappa shape index (κ2) is 15.5. The van der Waals surface area contributed by atoms with Crippen LogP contribution in [0.15, 0.2) is 66.1 Å². The average Bonchev–Trinajstić information content (AvgIpc) is 3.97. The minimum atomic E-state index is -3.88. The molecule has 2 saturated carbocycles. The van der Waals surface area contributed by atoms with Gasteiger partial charge in [-0.25, -0.2) is 18.2 Å². The molecule has 3 fully saturated rings. The summed E-state index contributed by atoms with van der Waals surface area (Å²) in [4.78, 5) is 64.2. The Labute approximate surface area is 337 Å². The van der Waals surface area contributed by atoms with Gasteiger partial charge in [-0.2, -0.15) is 0 Å². The van der Waals surface area contributed by atoms with Gasteiger partial charge in [-0.15, -0.1) is 11.3 Å². The van der Waals surface area contributed by atoms with Crippen LogP contribution in [0.3, 0.4) is 0 Å². The molecule has 1 aromatic heterocycles. The molecule has 3 N–H and O–H groups in total. The lowest BCUT2D eigenvalue weighted by molar-refractivity contribution is -0.140. The molecule has 3 aliphatic heterocycles. The quantitative estimate of drug-likeness (QED) is 0.210. The highest BCUT2D eigenvalue weighted by Crippen LogP contribution is 2.46. The molecule has 4 heterocycles. The summed E-state index contributed by atoms with van der Waals surface area (Å²) in [5.74, 6) is -2.12. The van der Waals surface area contributed by atoms with Gasteiger partial charge in [-0.3, -0.25) is 24.0 Å². The summed E-state index contributed by atoms with van der Waals surface area (Å²) in [5, 5.41) is 8.15. The molecule has 4 amide bonds. The Balaban J connectivity index is 1.06. The molecule has 290 valence electrons. The smallest absolute Gasteiger partial charge is 0.410 e. The highest BCUT2D eigenvalue weighted by molar-refractivity contribution is 14.1. The number of aromatic nitrogens is 1. The first kappa shape index (κ1) is 37.9. The van der Waals surface area contributed by atoms with Crippen molar-refractivity contribution in [1.82, 2.24) is 24.8 Å². The maximum absolute atomic E-state index is 14.7. The number of halogens is 1. The van der Waals surface area contributed by atoms with Gasteiger partial charge in [0.15, 0.2) is 5.13 Å². The Bertz CT molecular complexity index is 2130. The number of nitrogens with zero attached hydrogens (tertiary/aromatic N) is 3. The van der Waals surface area contributed by atoms with Gasteiger partial charge in [-0.05, 0) is 78.3 Å². The predicted molar refractivity (Wildman–Crippen MR) is 215 cm³/mol. The monoisotopic (exact) mass is 898 g/mol. The lowest BCUT2D eigenvalue weighted by Crippen LogP contribution is -2.57. The Kier molecular flexibility index (Phi) is 10.7. The first-order valence-corrected chi connectivity index (χ1v) is 22.4. The molecule has 0 unspecified atom stereocenters. The van der Waals surface area contributed by atoms with Crippen molar-refractivity contribution in [3.05, 3.63) is 80.8 Å². The van der Waals surface area contributed by atoms with E-state index in [0.717, 1.165) is 51.6 Å². The minimum Gasteiger partial charge on any atom is -0.444 e. The number of fused-ring (bicyclic) bond motifs is 3. The Hall–Kier alpha value is -4.03. The molecule has 2 aliphatic carbocycles. The standard InChI is InChI=1S/C39H43IN6O7S2/c40-30-14-9-12-25-20-45(22-29(25)30)38(50)53-27-18-33-34(47)43-39(36(49)44-55(51,52)28-16-17-28)19-26(39)13-7-2-1-3-8-15-31(35(48)46(33)21-27)41-37-42-32(23-54-37)24-10-5-4-6-11-24/h4-7,9-14,23,26-28,31,33H,1-3,8,15-22H2,(H,41,42)(H,43,47)(H,44,49)/b13-7-/t26-,27-,31+,33+,39-/m1/s1. The van der Waals surface area contributed by atoms with Crippen LogP contribution in [0.5, 0.6) is 0 Å². The topological polar surface area (TPSA) is 167 Å². The summed E-state index contributed by atoms with van der Waals surface area (Å²) >= 11 is 3.65. The van der Waals surface area contributed by atoms with Gasteiger partial charge in [0.1, 0.15) is 23.7 Å². The van der Waals surface area contributed by atoms with E-state index >= 15 is 0 Å². The normalized spacial score (nSPS) is 27.4. The molecule has 0 spiro atoms. The molecule has 2 aromatic carbocycles. The van der Waals surface area contributed by atoms with E-state index in [2.05, 4.69) is 37.9 Å². The van der Waals surface area contributed by atoms with E-state index in [1.807, 2.05) is 66.1 Å². The number of allylic oxidation sites excluding steroid dienone is 1. The summed E-state index contributed by atoms with van der Waals surface area (Å²) in [6.45, 7) is 0.768. The Morgan fingerprint density at radius 1 is 1.02 bits per heavy atom. The summed E-state index contributed by atoms with van der Waals surface area (Å²) in [5.41, 5.74) is 2.36. The number of nitrogens with one attached hydrogen (secondary N) is 3. The van der Waals surface area contributed by atoms with Crippen molar-refractivity contribution in [3.63, 3.8) is 0 Å². The lowest BCUT2D eigenvalue weighted by atomic mass is 10.1. The Morgan fingerprint density at radius 3 is 2.62 bits per heavy atom. The van der Waals surface area contributed by atoms with Crippen LogP contribution in [0.1, 0.15) is 68.9 Å². The fourth-order valence-electron chi connectivity index (χ4n) is 7.81. The largest absolute Gasteiger partial charge is 0.444 e. The summed E-state index contributed by atoms with van der Waals surface area (Å²) in [6.07, 6.45) is 7.41. The number of carbonyl (C=O) groups is 4. The van der Waals surface area contributed by atoms with Crippen molar-refractivity contribution in [2.75, 3.05) is 11.9 Å². The average molecular weight is 899 g/mol. The van der Waals surface area contributed by atoms with Gasteiger partial charge in [0.25, 0.3) is 5.91 Å². The van der Waals surface area contributed by atoms with Crippen molar-refractivity contribution in [2.45, 2.75) is 99.9 Å². The van der Waals surface area contributed by atoms with E-state index in [9.17, 15) is 27.6 Å². The number of rotatable bonds is 7. The molecular weight excluding hydrogens is 856 g/mol. The van der Waals surface area contributed by atoms with Gasteiger partial charge in [0.2, 0.25) is 21.8 Å². The molecule has 8 rings (SSSR count). The molecule has 0 radical (unpaired) electrons. The van der Waals surface area contributed by atoms with Crippen LogP contribution in [-0.4, -0.2) is 82.5 Å². The van der Waals surface area contributed by atoms with Gasteiger partial charge >= 0.3 is 6.09 Å². The Morgan fingerprint density at radius 2 is 1.84 bits per heavy atom. The van der Waals surface area contributed by atoms with Gasteiger partial charge < -0.3 is 20.3 Å². The van der Waals surface area contributed by atoms with Gasteiger partial charge in [0, 0.05) is 33.4 Å². The van der Waals surface area contributed by atoms with Crippen LogP contribution in [-0.2, 0) is 42.2 Å². The summed E-state index contributed by atoms with van der Waals surface area (Å²) < 4.78 is 35.0. The second-order valence-electron chi connectivity index (χ2n) is 15.1. The maximum atomic E-state index is 14.7. The number of anilines is 1. The van der Waals surface area contributed by atoms with Crippen molar-refractivity contribution in [2.24, 2.45) is 5.92 Å². The van der Waals surface area contributed by atoms with E-state index in [4.69, 9.17) is 9.72 Å². The zero-order valence-electron chi connectivity index (χ0n) is 30.1. The number of benzene rings is 2.